The summed E-state index contributed by atoms with van der Waals surface area (Å²) < 4.78 is 47.1. The van der Waals surface area contributed by atoms with Crippen LogP contribution < -0.4 is 5.32 Å². The highest BCUT2D eigenvalue weighted by Gasteiger charge is 2.33. The van der Waals surface area contributed by atoms with Gasteiger partial charge in [0.15, 0.2) is 9.84 Å². The molecular formula is C12H23N3O5S2. The van der Waals surface area contributed by atoms with Crippen LogP contribution in [-0.4, -0.2) is 88.0 Å². The quantitative estimate of drug-likeness (QED) is 0.643. The molecular weight excluding hydrogens is 330 g/mol. The summed E-state index contributed by atoms with van der Waals surface area (Å²) in [5.41, 5.74) is 0. The molecule has 0 unspecified atom stereocenters. The van der Waals surface area contributed by atoms with E-state index in [2.05, 4.69) is 5.32 Å². The van der Waals surface area contributed by atoms with Crippen molar-refractivity contribution in [2.45, 2.75) is 25.4 Å². The lowest BCUT2D eigenvalue weighted by Crippen LogP contribution is -2.55. The number of amides is 1. The Bertz CT molecular complexity index is 623. The molecule has 1 amide bonds. The number of carbonyl (C=O) groups is 1. The monoisotopic (exact) mass is 353 g/mol. The van der Waals surface area contributed by atoms with Crippen molar-refractivity contribution < 1.29 is 21.6 Å². The highest BCUT2D eigenvalue weighted by molar-refractivity contribution is 7.91. The van der Waals surface area contributed by atoms with Crippen molar-refractivity contribution in [2.24, 2.45) is 0 Å². The van der Waals surface area contributed by atoms with Gasteiger partial charge in [-0.3, -0.25) is 9.69 Å². The van der Waals surface area contributed by atoms with Crippen molar-refractivity contribution >= 4 is 25.8 Å². The highest BCUT2D eigenvalue weighted by atomic mass is 32.2. The Balaban J connectivity index is 1.85. The zero-order valence-electron chi connectivity index (χ0n) is 12.9. The van der Waals surface area contributed by atoms with Crippen LogP contribution in [0.15, 0.2) is 0 Å². The molecule has 0 aliphatic carbocycles. The SMILES string of the molecule is C[C@@H](C(=O)N[C@@H]1CCS(=O)(=O)C1)N1CCN(S(C)(=O)=O)CC1. The molecule has 2 heterocycles. The molecule has 2 atom stereocenters. The van der Waals surface area contributed by atoms with Gasteiger partial charge in [-0.05, 0) is 13.3 Å². The van der Waals surface area contributed by atoms with Gasteiger partial charge in [0.1, 0.15) is 0 Å². The molecule has 1 N–H and O–H groups in total. The van der Waals surface area contributed by atoms with Gasteiger partial charge in [-0.15, -0.1) is 0 Å². The maximum atomic E-state index is 12.2. The first kappa shape index (κ1) is 17.6. The molecule has 128 valence electrons. The third kappa shape index (κ3) is 4.40. The average molecular weight is 353 g/mol. The van der Waals surface area contributed by atoms with Crippen molar-refractivity contribution in [3.8, 4) is 0 Å². The van der Waals surface area contributed by atoms with E-state index >= 15 is 0 Å². The second-order valence-corrected chi connectivity index (χ2v) is 10.2. The van der Waals surface area contributed by atoms with Gasteiger partial charge < -0.3 is 5.32 Å². The molecule has 2 rings (SSSR count). The first-order valence-electron chi connectivity index (χ1n) is 7.28. The lowest BCUT2D eigenvalue weighted by molar-refractivity contribution is -0.126. The number of carbonyl (C=O) groups excluding carboxylic acids is 1. The molecule has 0 aromatic heterocycles. The Morgan fingerprint density at radius 3 is 2.27 bits per heavy atom. The van der Waals surface area contributed by atoms with Crippen LogP contribution in [0.25, 0.3) is 0 Å². The van der Waals surface area contributed by atoms with E-state index < -0.39 is 25.9 Å². The predicted molar refractivity (Wildman–Crippen MR) is 82.7 cm³/mol. The van der Waals surface area contributed by atoms with E-state index in [4.69, 9.17) is 0 Å². The van der Waals surface area contributed by atoms with Crippen molar-refractivity contribution in [1.82, 2.24) is 14.5 Å². The normalized spacial score (nSPS) is 28.4. The summed E-state index contributed by atoms with van der Waals surface area (Å²) in [6.45, 7) is 3.48. The molecule has 10 heteroatoms. The molecule has 2 aliphatic heterocycles. The third-order valence-electron chi connectivity index (χ3n) is 4.25. The topological polar surface area (TPSA) is 104 Å². The van der Waals surface area contributed by atoms with Crippen LogP contribution in [0.1, 0.15) is 13.3 Å². The van der Waals surface area contributed by atoms with Gasteiger partial charge in [-0.2, -0.15) is 4.31 Å². The number of piperazine rings is 1. The minimum absolute atomic E-state index is 0.00726. The number of hydrogen-bond donors (Lipinski definition) is 1. The summed E-state index contributed by atoms with van der Waals surface area (Å²) in [7, 11) is -6.20. The van der Waals surface area contributed by atoms with Crippen LogP contribution in [0, 0.1) is 0 Å². The van der Waals surface area contributed by atoms with Crippen molar-refractivity contribution in [3.05, 3.63) is 0 Å². The molecule has 0 spiro atoms. The van der Waals surface area contributed by atoms with Crippen LogP contribution >= 0.6 is 0 Å². The summed E-state index contributed by atoms with van der Waals surface area (Å²) >= 11 is 0. The molecule has 0 saturated carbocycles. The lowest BCUT2D eigenvalue weighted by atomic mass is 10.2. The summed E-state index contributed by atoms with van der Waals surface area (Å²) in [6, 6.07) is -0.706. The smallest absolute Gasteiger partial charge is 0.237 e. The molecule has 22 heavy (non-hydrogen) atoms. The maximum absolute atomic E-state index is 12.2. The van der Waals surface area contributed by atoms with Crippen LogP contribution in [0.5, 0.6) is 0 Å². The third-order valence-corrected chi connectivity index (χ3v) is 7.32. The Morgan fingerprint density at radius 1 is 1.23 bits per heavy atom. The Labute approximate surface area is 131 Å². The van der Waals surface area contributed by atoms with E-state index in [0.717, 1.165) is 0 Å². The molecule has 0 bridgehead atoms. The van der Waals surface area contributed by atoms with Crippen LogP contribution in [-0.2, 0) is 24.7 Å². The summed E-state index contributed by atoms with van der Waals surface area (Å²) in [5, 5.41) is 2.78. The van der Waals surface area contributed by atoms with Gasteiger partial charge in [0, 0.05) is 32.2 Å². The van der Waals surface area contributed by atoms with E-state index in [1.54, 1.807) is 6.92 Å². The molecule has 2 saturated heterocycles. The van der Waals surface area contributed by atoms with E-state index in [0.29, 0.717) is 32.6 Å². The zero-order valence-corrected chi connectivity index (χ0v) is 14.5. The maximum Gasteiger partial charge on any atom is 0.237 e. The molecule has 0 aromatic rings. The summed E-state index contributed by atoms with van der Waals surface area (Å²) in [4.78, 5) is 14.1. The fourth-order valence-electron chi connectivity index (χ4n) is 2.82. The number of sulfone groups is 1. The molecule has 8 nitrogen and oxygen atoms in total. The average Bonchev–Trinajstić information content (AvgIpc) is 2.76. The van der Waals surface area contributed by atoms with E-state index in [1.807, 2.05) is 4.90 Å². The fourth-order valence-corrected chi connectivity index (χ4v) is 5.32. The van der Waals surface area contributed by atoms with Crippen molar-refractivity contribution in [2.75, 3.05) is 43.9 Å². The highest BCUT2D eigenvalue weighted by Crippen LogP contribution is 2.13. The molecule has 2 fully saturated rings. The van der Waals surface area contributed by atoms with Gasteiger partial charge in [-0.1, -0.05) is 0 Å². The lowest BCUT2D eigenvalue weighted by Gasteiger charge is -2.36. The Hall–Kier alpha value is -0.710. The number of sulfonamides is 1. The van der Waals surface area contributed by atoms with E-state index in [9.17, 15) is 21.6 Å². The molecule has 2 aliphatic rings. The largest absolute Gasteiger partial charge is 0.351 e. The van der Waals surface area contributed by atoms with Gasteiger partial charge in [0.25, 0.3) is 0 Å². The van der Waals surface area contributed by atoms with Gasteiger partial charge in [0.05, 0.1) is 23.8 Å². The van der Waals surface area contributed by atoms with Crippen molar-refractivity contribution in [1.29, 1.82) is 0 Å². The van der Waals surface area contributed by atoms with Gasteiger partial charge in [-0.25, -0.2) is 16.8 Å². The second-order valence-electron chi connectivity index (χ2n) is 5.98. The Morgan fingerprint density at radius 2 is 1.82 bits per heavy atom. The molecule has 0 aromatic carbocycles. The minimum Gasteiger partial charge on any atom is -0.351 e. The first-order valence-corrected chi connectivity index (χ1v) is 11.0. The van der Waals surface area contributed by atoms with Crippen LogP contribution in [0.4, 0.5) is 0 Å². The molecule has 0 radical (unpaired) electrons. The van der Waals surface area contributed by atoms with E-state index in [1.165, 1.54) is 10.6 Å². The van der Waals surface area contributed by atoms with Gasteiger partial charge >= 0.3 is 0 Å². The number of nitrogens with one attached hydrogen (secondary N) is 1. The summed E-state index contributed by atoms with van der Waals surface area (Å²) in [5.74, 6) is -0.0675. The number of rotatable bonds is 4. The van der Waals surface area contributed by atoms with Gasteiger partial charge in [0.2, 0.25) is 15.9 Å². The van der Waals surface area contributed by atoms with Crippen molar-refractivity contribution in [3.63, 3.8) is 0 Å². The summed E-state index contributed by atoms with van der Waals surface area (Å²) in [6.07, 6.45) is 1.64. The fraction of sp³-hybridized carbons (Fsp3) is 0.917. The Kier molecular flexibility index (Phi) is 5.15. The second kappa shape index (κ2) is 6.42. The van der Waals surface area contributed by atoms with Crippen LogP contribution in [0.3, 0.4) is 0 Å². The standard InChI is InChI=1S/C12H23N3O5S2/c1-10(12(16)13-11-3-8-22(19,20)9-11)14-4-6-15(7-5-14)21(2,17)18/h10-11H,3-9H2,1-2H3,(H,13,16)/t10-,11+/m0/s1. The van der Waals surface area contributed by atoms with E-state index in [-0.39, 0.29) is 23.5 Å². The van der Waals surface area contributed by atoms with Crippen LogP contribution in [0.2, 0.25) is 0 Å². The number of nitrogens with zero attached hydrogens (tertiary/aromatic N) is 2. The number of hydrogen-bond acceptors (Lipinski definition) is 6. The zero-order chi connectivity index (χ0) is 16.5. The first-order chi connectivity index (χ1) is 10.1. The minimum atomic E-state index is -3.19. The predicted octanol–water partition coefficient (Wildman–Crippen LogP) is -1.74.